The number of hydrogen-bond donors (Lipinski definition) is 8. The van der Waals surface area contributed by atoms with E-state index in [-0.39, 0.29) is 105 Å². The van der Waals surface area contributed by atoms with E-state index in [9.17, 15) is 25.5 Å². The first-order chi connectivity index (χ1) is 21.2. The summed E-state index contributed by atoms with van der Waals surface area (Å²) in [7, 11) is 0. The van der Waals surface area contributed by atoms with Crippen LogP contribution in [0.5, 0.6) is 0 Å². The minimum Gasteiger partial charge on any atom is -0.499 e. The quantitative estimate of drug-likeness (QED) is 0.0327. The highest BCUT2D eigenvalue weighted by Crippen LogP contribution is 2.06. The molecule has 0 aliphatic heterocycles. The molecule has 8 unspecified atom stereocenters. The van der Waals surface area contributed by atoms with Crippen LogP contribution in [0, 0.1) is 5.92 Å². The summed E-state index contributed by atoms with van der Waals surface area (Å²) < 4.78 is 44.3. The fraction of sp³-hybridized carbons (Fsp3) is 0.929. The van der Waals surface area contributed by atoms with Gasteiger partial charge in [-0.15, -0.1) is 0 Å². The van der Waals surface area contributed by atoms with Crippen LogP contribution in [0.3, 0.4) is 0 Å². The van der Waals surface area contributed by atoms with Crippen LogP contribution in [0.1, 0.15) is 13.3 Å². The molecule has 8 N–H and O–H groups in total. The van der Waals surface area contributed by atoms with Gasteiger partial charge in [0.05, 0.1) is 98.3 Å². The van der Waals surface area contributed by atoms with Crippen LogP contribution in [-0.4, -0.2) is 189 Å². The van der Waals surface area contributed by atoms with Crippen molar-refractivity contribution in [3.8, 4) is 0 Å². The second-order valence-corrected chi connectivity index (χ2v) is 10.2. The Hall–Kier alpha value is -1.06. The summed E-state index contributed by atoms with van der Waals surface area (Å²) in [5.41, 5.74) is 0. The fourth-order valence-corrected chi connectivity index (χ4v) is 3.21. The van der Waals surface area contributed by atoms with Crippen molar-refractivity contribution in [3.63, 3.8) is 0 Å². The topological polar surface area (TPSA) is 236 Å². The molecule has 0 saturated carbocycles. The summed E-state index contributed by atoms with van der Waals surface area (Å²) in [5, 5.41) is 75.4. The highest BCUT2D eigenvalue weighted by Gasteiger charge is 2.20. The lowest BCUT2D eigenvalue weighted by atomic mass is 10.2. The highest BCUT2D eigenvalue weighted by molar-refractivity contribution is 4.67. The van der Waals surface area contributed by atoms with Gasteiger partial charge in [0.25, 0.3) is 0 Å². The van der Waals surface area contributed by atoms with Crippen molar-refractivity contribution in [2.24, 2.45) is 5.92 Å². The number of hydrogen-bond acceptors (Lipinski definition) is 16. The van der Waals surface area contributed by atoms with E-state index in [4.69, 9.17) is 53.2 Å². The third-order valence-corrected chi connectivity index (χ3v) is 5.81. The minimum absolute atomic E-state index is 0.00150. The Kier molecular flexibility index (Phi) is 28.6. The summed E-state index contributed by atoms with van der Waals surface area (Å²) >= 11 is 0. The molecule has 0 aliphatic carbocycles. The molecule has 264 valence electrons. The van der Waals surface area contributed by atoms with E-state index in [1.165, 1.54) is 6.26 Å². The third-order valence-electron chi connectivity index (χ3n) is 5.81. The standard InChI is InChI=1S/C28H56O16/c1-3-37-16-27(17-40-15-25(8-32)43-19-26(9-33)41-13-23(35)7-31)44-20-28(18-39-11-22(34)4-5-29)42-14-24(36)12-38-10-21(2)6-30/h3,21-36H,1,4-20H2,2H3. The number of aliphatic hydroxyl groups excluding tert-OH is 8. The molecule has 0 radical (unpaired) electrons. The number of rotatable bonds is 33. The molecular formula is C28H56O16. The van der Waals surface area contributed by atoms with E-state index in [1.54, 1.807) is 0 Å². The highest BCUT2D eigenvalue weighted by atomic mass is 16.6. The van der Waals surface area contributed by atoms with Gasteiger partial charge in [-0.25, -0.2) is 0 Å². The fourth-order valence-electron chi connectivity index (χ4n) is 3.21. The Morgan fingerprint density at radius 3 is 1.59 bits per heavy atom. The predicted octanol–water partition coefficient (Wildman–Crippen LogP) is -3.19. The second kappa shape index (κ2) is 29.3. The zero-order chi connectivity index (χ0) is 33.0. The van der Waals surface area contributed by atoms with Crippen LogP contribution in [0.2, 0.25) is 0 Å². The van der Waals surface area contributed by atoms with Crippen LogP contribution in [0.4, 0.5) is 0 Å². The maximum Gasteiger partial charge on any atom is 0.116 e. The molecule has 0 aromatic carbocycles. The zero-order valence-electron chi connectivity index (χ0n) is 25.8. The lowest BCUT2D eigenvalue weighted by Gasteiger charge is -2.25. The second-order valence-electron chi connectivity index (χ2n) is 10.2. The first-order valence-corrected chi connectivity index (χ1v) is 14.7. The van der Waals surface area contributed by atoms with Gasteiger partial charge in [-0.1, -0.05) is 13.5 Å². The van der Waals surface area contributed by atoms with Crippen LogP contribution in [0.25, 0.3) is 0 Å². The van der Waals surface area contributed by atoms with Gasteiger partial charge in [0.1, 0.15) is 43.2 Å². The molecule has 0 saturated heterocycles. The summed E-state index contributed by atoms with van der Waals surface area (Å²) in [4.78, 5) is 0. The van der Waals surface area contributed by atoms with E-state index in [0.717, 1.165) is 0 Å². The Bertz CT molecular complexity index is 632. The monoisotopic (exact) mass is 648 g/mol. The first kappa shape index (κ1) is 42.9. The molecule has 0 rings (SSSR count). The lowest BCUT2D eigenvalue weighted by molar-refractivity contribution is -0.134. The average Bonchev–Trinajstić information content (AvgIpc) is 3.02. The molecule has 0 spiro atoms. The first-order valence-electron chi connectivity index (χ1n) is 14.7. The smallest absolute Gasteiger partial charge is 0.116 e. The van der Waals surface area contributed by atoms with E-state index in [1.807, 2.05) is 6.92 Å². The number of ether oxygens (including phenoxy) is 8. The molecule has 8 atom stereocenters. The molecule has 0 aliphatic rings. The van der Waals surface area contributed by atoms with Crippen molar-refractivity contribution in [2.75, 3.05) is 106 Å². The minimum atomic E-state index is -1.09. The van der Waals surface area contributed by atoms with Crippen molar-refractivity contribution >= 4 is 0 Å². The van der Waals surface area contributed by atoms with Gasteiger partial charge < -0.3 is 78.7 Å². The summed E-state index contributed by atoms with van der Waals surface area (Å²) in [6, 6.07) is 0. The molecule has 16 nitrogen and oxygen atoms in total. The molecule has 0 bridgehead atoms. The molecule has 0 aromatic rings. The van der Waals surface area contributed by atoms with Crippen LogP contribution >= 0.6 is 0 Å². The Morgan fingerprint density at radius 1 is 0.500 bits per heavy atom. The summed E-state index contributed by atoms with van der Waals surface area (Å²) in [5.74, 6) is -0.0666. The van der Waals surface area contributed by atoms with Crippen molar-refractivity contribution in [3.05, 3.63) is 12.8 Å². The largest absolute Gasteiger partial charge is 0.499 e. The maximum atomic E-state index is 10.2. The van der Waals surface area contributed by atoms with Crippen molar-refractivity contribution in [2.45, 2.75) is 56.1 Å². The SMILES string of the molecule is C=COCC(COCC(CO)OCC(CO)OCC(O)CO)OCC(COCC(O)CCO)OCC(O)COCC(C)CO. The van der Waals surface area contributed by atoms with Gasteiger partial charge >= 0.3 is 0 Å². The Labute approximate surface area is 259 Å². The molecule has 44 heavy (non-hydrogen) atoms. The molecule has 0 fully saturated rings. The molecule has 0 heterocycles. The van der Waals surface area contributed by atoms with Gasteiger partial charge in [0.15, 0.2) is 0 Å². The van der Waals surface area contributed by atoms with E-state index < -0.39 is 55.9 Å². The molecular weight excluding hydrogens is 592 g/mol. The third kappa shape index (κ3) is 24.2. The van der Waals surface area contributed by atoms with Crippen LogP contribution in [0.15, 0.2) is 12.8 Å². The predicted molar refractivity (Wildman–Crippen MR) is 155 cm³/mol. The van der Waals surface area contributed by atoms with Gasteiger partial charge in [0, 0.05) is 19.1 Å². The van der Waals surface area contributed by atoms with Crippen molar-refractivity contribution < 1.29 is 78.7 Å². The Balaban J connectivity index is 4.89. The van der Waals surface area contributed by atoms with E-state index in [2.05, 4.69) is 6.58 Å². The van der Waals surface area contributed by atoms with Crippen LogP contribution < -0.4 is 0 Å². The van der Waals surface area contributed by atoms with Gasteiger partial charge in [0.2, 0.25) is 0 Å². The normalized spacial score (nSPS) is 17.4. The zero-order valence-corrected chi connectivity index (χ0v) is 25.8. The van der Waals surface area contributed by atoms with Crippen molar-refractivity contribution in [1.82, 2.24) is 0 Å². The maximum absolute atomic E-state index is 10.2. The van der Waals surface area contributed by atoms with Gasteiger partial charge in [-0.2, -0.15) is 0 Å². The van der Waals surface area contributed by atoms with E-state index in [0.29, 0.717) is 0 Å². The average molecular weight is 649 g/mol. The lowest BCUT2D eigenvalue weighted by Crippen LogP contribution is -2.37. The summed E-state index contributed by atoms with van der Waals surface area (Å²) in [6.07, 6.45) is -4.30. The van der Waals surface area contributed by atoms with Gasteiger partial charge in [-0.3, -0.25) is 0 Å². The molecule has 0 aromatic heterocycles. The molecule has 16 heteroatoms. The Morgan fingerprint density at radius 2 is 0.977 bits per heavy atom. The molecule has 0 amide bonds. The van der Waals surface area contributed by atoms with E-state index >= 15 is 0 Å². The van der Waals surface area contributed by atoms with Gasteiger partial charge in [-0.05, 0) is 6.42 Å². The summed E-state index contributed by atoms with van der Waals surface area (Å²) in [6.45, 7) is 3.78. The van der Waals surface area contributed by atoms with Crippen LogP contribution in [-0.2, 0) is 37.9 Å². The number of aliphatic hydroxyl groups is 8. The van der Waals surface area contributed by atoms with Crippen molar-refractivity contribution in [1.29, 1.82) is 0 Å².